The molecule has 2 aromatic rings. The summed E-state index contributed by atoms with van der Waals surface area (Å²) in [5, 5.41) is 48.5. The molecule has 8 nitrogen and oxygen atoms in total. The standard InChI is InChI=1S/C24H32O8/c1-31-22-13-16(6-9-20(22)28)4-7-18(26)15-19(27)8-5-17-12-21(29)24(30)23(14-17)32-11-3-2-10-25/h6,9,12-14,19,25,27-30H,2-5,7-8,10-11,15H2,1H3/t19-/m1/s1. The molecule has 2 aromatic carbocycles. The number of hydrogen-bond donors (Lipinski definition) is 5. The topological polar surface area (TPSA) is 137 Å². The van der Waals surface area contributed by atoms with Crippen LogP contribution in [0.1, 0.15) is 43.2 Å². The lowest BCUT2D eigenvalue weighted by molar-refractivity contribution is -0.121. The molecule has 0 radical (unpaired) electrons. The Labute approximate surface area is 187 Å². The normalized spacial score (nSPS) is 11.8. The fourth-order valence-corrected chi connectivity index (χ4v) is 3.26. The summed E-state index contributed by atoms with van der Waals surface area (Å²) in [7, 11) is 1.46. The summed E-state index contributed by atoms with van der Waals surface area (Å²) in [6.45, 7) is 0.349. The van der Waals surface area contributed by atoms with Crippen LogP contribution in [0.15, 0.2) is 30.3 Å². The molecule has 0 amide bonds. The molecule has 1 atom stereocenters. The van der Waals surface area contributed by atoms with E-state index in [4.69, 9.17) is 14.6 Å². The summed E-state index contributed by atoms with van der Waals surface area (Å²) >= 11 is 0. The molecule has 0 heterocycles. The molecule has 0 aliphatic heterocycles. The summed E-state index contributed by atoms with van der Waals surface area (Å²) in [5.41, 5.74) is 1.52. The van der Waals surface area contributed by atoms with E-state index in [9.17, 15) is 25.2 Å². The van der Waals surface area contributed by atoms with E-state index in [-0.39, 0.29) is 48.2 Å². The second-order valence-corrected chi connectivity index (χ2v) is 7.68. The molecule has 0 bridgehead atoms. The summed E-state index contributed by atoms with van der Waals surface area (Å²) < 4.78 is 10.5. The molecule has 0 aromatic heterocycles. The van der Waals surface area contributed by atoms with Gasteiger partial charge in [-0.1, -0.05) is 6.07 Å². The number of methoxy groups -OCH3 is 1. The van der Waals surface area contributed by atoms with Gasteiger partial charge in [-0.3, -0.25) is 4.79 Å². The van der Waals surface area contributed by atoms with E-state index in [1.54, 1.807) is 18.2 Å². The Balaban J connectivity index is 1.82. The second-order valence-electron chi connectivity index (χ2n) is 7.68. The van der Waals surface area contributed by atoms with Crippen molar-refractivity contribution in [2.75, 3.05) is 20.3 Å². The number of hydrogen-bond acceptors (Lipinski definition) is 8. The molecular weight excluding hydrogens is 416 g/mol. The predicted octanol–water partition coefficient (Wildman–Crippen LogP) is 2.85. The molecule has 0 aliphatic rings. The Morgan fingerprint density at radius 1 is 0.969 bits per heavy atom. The first-order chi connectivity index (χ1) is 15.3. The quantitative estimate of drug-likeness (QED) is 0.220. The maximum Gasteiger partial charge on any atom is 0.200 e. The lowest BCUT2D eigenvalue weighted by Gasteiger charge is -2.13. The van der Waals surface area contributed by atoms with Crippen LogP contribution in [0.5, 0.6) is 28.7 Å². The van der Waals surface area contributed by atoms with Crippen molar-refractivity contribution in [2.24, 2.45) is 0 Å². The van der Waals surface area contributed by atoms with Crippen LogP contribution in [0.2, 0.25) is 0 Å². The monoisotopic (exact) mass is 448 g/mol. The first-order valence-corrected chi connectivity index (χ1v) is 10.7. The smallest absolute Gasteiger partial charge is 0.200 e. The second kappa shape index (κ2) is 12.8. The molecule has 32 heavy (non-hydrogen) atoms. The van der Waals surface area contributed by atoms with Crippen LogP contribution >= 0.6 is 0 Å². The third kappa shape index (κ3) is 7.94. The lowest BCUT2D eigenvalue weighted by Crippen LogP contribution is -2.15. The number of aliphatic hydroxyl groups excluding tert-OH is 2. The highest BCUT2D eigenvalue weighted by Gasteiger charge is 2.15. The fraction of sp³-hybridized carbons (Fsp3) is 0.458. The zero-order valence-electron chi connectivity index (χ0n) is 18.3. The van der Waals surface area contributed by atoms with Gasteiger partial charge < -0.3 is 35.0 Å². The molecule has 0 spiro atoms. The van der Waals surface area contributed by atoms with Crippen LogP contribution in [0, 0.1) is 0 Å². The molecule has 0 unspecified atom stereocenters. The third-order valence-corrected chi connectivity index (χ3v) is 5.09. The van der Waals surface area contributed by atoms with Gasteiger partial charge in [0.2, 0.25) is 5.75 Å². The number of phenolic OH excluding ortho intramolecular Hbond substituents is 3. The van der Waals surface area contributed by atoms with Gasteiger partial charge in [-0.2, -0.15) is 0 Å². The van der Waals surface area contributed by atoms with Gasteiger partial charge in [0.05, 0.1) is 19.8 Å². The fourth-order valence-electron chi connectivity index (χ4n) is 3.26. The molecule has 5 N–H and O–H groups in total. The average Bonchev–Trinajstić information content (AvgIpc) is 2.77. The number of Topliss-reactive ketones (excluding diaryl/α,β-unsaturated/α-hetero) is 1. The number of carbonyl (C=O) groups is 1. The van der Waals surface area contributed by atoms with Gasteiger partial charge in [0.15, 0.2) is 23.0 Å². The van der Waals surface area contributed by atoms with Crippen LogP contribution in [0.25, 0.3) is 0 Å². The molecule has 8 heteroatoms. The molecule has 0 aliphatic carbocycles. The van der Waals surface area contributed by atoms with Crippen molar-refractivity contribution < 1.29 is 39.8 Å². The van der Waals surface area contributed by atoms with Crippen molar-refractivity contribution in [3.63, 3.8) is 0 Å². The molecular formula is C24H32O8. The zero-order valence-corrected chi connectivity index (χ0v) is 18.3. The van der Waals surface area contributed by atoms with Crippen molar-refractivity contribution in [3.8, 4) is 28.7 Å². The van der Waals surface area contributed by atoms with E-state index in [0.29, 0.717) is 50.0 Å². The number of ether oxygens (including phenoxy) is 2. The molecule has 2 rings (SSSR count). The number of benzene rings is 2. The summed E-state index contributed by atoms with van der Waals surface area (Å²) in [4.78, 5) is 12.2. The van der Waals surface area contributed by atoms with Gasteiger partial charge in [-0.05, 0) is 67.5 Å². The third-order valence-electron chi connectivity index (χ3n) is 5.09. The lowest BCUT2D eigenvalue weighted by atomic mass is 9.99. The zero-order chi connectivity index (χ0) is 23.5. The largest absolute Gasteiger partial charge is 0.504 e. The Morgan fingerprint density at radius 3 is 2.44 bits per heavy atom. The Morgan fingerprint density at radius 2 is 1.72 bits per heavy atom. The van der Waals surface area contributed by atoms with Crippen LogP contribution in [0.4, 0.5) is 0 Å². The van der Waals surface area contributed by atoms with E-state index < -0.39 is 6.10 Å². The number of phenols is 3. The predicted molar refractivity (Wildman–Crippen MR) is 119 cm³/mol. The van der Waals surface area contributed by atoms with Gasteiger partial charge in [0.1, 0.15) is 5.78 Å². The van der Waals surface area contributed by atoms with Gasteiger partial charge in [0, 0.05) is 19.4 Å². The molecule has 0 fully saturated rings. The van der Waals surface area contributed by atoms with Crippen molar-refractivity contribution in [1.82, 2.24) is 0 Å². The minimum absolute atomic E-state index is 0.0177. The highest BCUT2D eigenvalue weighted by Crippen LogP contribution is 2.37. The van der Waals surface area contributed by atoms with Crippen molar-refractivity contribution >= 4 is 5.78 Å². The van der Waals surface area contributed by atoms with Crippen LogP contribution in [0.3, 0.4) is 0 Å². The Kier molecular flexibility index (Phi) is 10.1. The first-order valence-electron chi connectivity index (χ1n) is 10.7. The molecule has 0 saturated heterocycles. The number of carbonyl (C=O) groups excluding carboxylic acids is 1. The van der Waals surface area contributed by atoms with E-state index in [1.165, 1.54) is 19.2 Å². The minimum atomic E-state index is -0.832. The number of ketones is 1. The Bertz CT molecular complexity index is 881. The van der Waals surface area contributed by atoms with E-state index >= 15 is 0 Å². The number of rotatable bonds is 14. The summed E-state index contributed by atoms with van der Waals surface area (Å²) in [6, 6.07) is 7.93. The van der Waals surface area contributed by atoms with Crippen LogP contribution < -0.4 is 9.47 Å². The SMILES string of the molecule is COc1cc(CCC(=O)C[C@H](O)CCc2cc(O)c(O)c(OCCCCO)c2)ccc1O. The van der Waals surface area contributed by atoms with E-state index in [2.05, 4.69) is 0 Å². The maximum absolute atomic E-state index is 12.2. The number of aliphatic hydroxyl groups is 2. The Hall–Kier alpha value is -2.97. The van der Waals surface area contributed by atoms with E-state index in [0.717, 1.165) is 5.56 Å². The highest BCUT2D eigenvalue weighted by atomic mass is 16.5. The van der Waals surface area contributed by atoms with Crippen LogP contribution in [-0.4, -0.2) is 57.7 Å². The molecule has 0 saturated carbocycles. The van der Waals surface area contributed by atoms with Gasteiger partial charge in [0.25, 0.3) is 0 Å². The minimum Gasteiger partial charge on any atom is -0.504 e. The number of aryl methyl sites for hydroxylation is 2. The number of aromatic hydroxyl groups is 3. The van der Waals surface area contributed by atoms with Crippen molar-refractivity contribution in [1.29, 1.82) is 0 Å². The maximum atomic E-state index is 12.2. The summed E-state index contributed by atoms with van der Waals surface area (Å²) in [5.74, 6) is -0.200. The highest BCUT2D eigenvalue weighted by molar-refractivity contribution is 5.79. The van der Waals surface area contributed by atoms with Crippen molar-refractivity contribution in [3.05, 3.63) is 41.5 Å². The number of unbranched alkanes of at least 4 members (excludes halogenated alkanes) is 1. The van der Waals surface area contributed by atoms with Gasteiger partial charge >= 0.3 is 0 Å². The van der Waals surface area contributed by atoms with Crippen molar-refractivity contribution in [2.45, 2.75) is 51.0 Å². The van der Waals surface area contributed by atoms with E-state index in [1.807, 2.05) is 0 Å². The molecule has 176 valence electrons. The van der Waals surface area contributed by atoms with Crippen LogP contribution in [-0.2, 0) is 17.6 Å². The summed E-state index contributed by atoms with van der Waals surface area (Å²) in [6.07, 6.45) is 1.82. The van der Waals surface area contributed by atoms with Gasteiger partial charge in [-0.25, -0.2) is 0 Å². The van der Waals surface area contributed by atoms with Gasteiger partial charge in [-0.15, -0.1) is 0 Å². The average molecular weight is 449 g/mol. The first kappa shape index (κ1) is 25.3.